The summed E-state index contributed by atoms with van der Waals surface area (Å²) in [5, 5.41) is 0. The predicted octanol–water partition coefficient (Wildman–Crippen LogP) is 5.14. The Bertz CT molecular complexity index is 702. The van der Waals surface area contributed by atoms with Gasteiger partial charge in [-0.05, 0) is 39.3 Å². The molecule has 0 saturated heterocycles. The molecule has 136 valence electrons. The molecule has 0 aliphatic rings. The van der Waals surface area contributed by atoms with E-state index in [1.165, 1.54) is 0 Å². The highest BCUT2D eigenvalue weighted by molar-refractivity contribution is 5.58. The average molecular weight is 353 g/mol. The molecule has 0 aliphatic carbocycles. The largest absolute Gasteiger partial charge is 0.474 e. The number of aryl methyl sites for hydroxylation is 1. The van der Waals surface area contributed by atoms with Crippen LogP contribution in [0.3, 0.4) is 0 Å². The van der Waals surface area contributed by atoms with Crippen molar-refractivity contribution in [3.8, 4) is 5.88 Å². The van der Waals surface area contributed by atoms with Crippen LogP contribution in [0.4, 0.5) is 24.8 Å². The molecule has 0 N–H and O–H groups in total. The second-order valence-corrected chi connectivity index (χ2v) is 5.80. The molecule has 1 heterocycles. The van der Waals surface area contributed by atoms with Gasteiger partial charge in [0, 0.05) is 18.4 Å². The third-order valence-electron chi connectivity index (χ3n) is 3.84. The van der Waals surface area contributed by atoms with Crippen molar-refractivity contribution in [3.05, 3.63) is 41.6 Å². The van der Waals surface area contributed by atoms with Crippen molar-refractivity contribution in [1.29, 1.82) is 0 Å². The van der Waals surface area contributed by atoms with E-state index in [9.17, 15) is 13.2 Å². The number of nitrogens with zero attached hydrogens (tertiary/aromatic N) is 3. The summed E-state index contributed by atoms with van der Waals surface area (Å²) in [6, 6.07) is 7.63. The lowest BCUT2D eigenvalue weighted by Gasteiger charge is -2.23. The Morgan fingerprint density at radius 3 is 2.32 bits per heavy atom. The van der Waals surface area contributed by atoms with Crippen LogP contribution in [-0.2, 0) is 6.18 Å². The van der Waals surface area contributed by atoms with Gasteiger partial charge in [-0.15, -0.1) is 0 Å². The number of ether oxygens (including phenoxy) is 1. The van der Waals surface area contributed by atoms with E-state index in [0.717, 1.165) is 17.4 Å². The van der Waals surface area contributed by atoms with E-state index in [1.54, 1.807) is 11.8 Å². The van der Waals surface area contributed by atoms with Crippen molar-refractivity contribution >= 4 is 11.6 Å². The SMILES string of the molecule is CCC(C)Oc1nc(N(CC)c2ccc(C)cc2)ncc1C(F)(F)F. The number of rotatable bonds is 6. The maximum atomic E-state index is 13.2. The van der Waals surface area contributed by atoms with E-state index >= 15 is 0 Å². The van der Waals surface area contributed by atoms with Crippen LogP contribution in [0.5, 0.6) is 5.88 Å². The molecule has 0 saturated carbocycles. The molecule has 7 heteroatoms. The van der Waals surface area contributed by atoms with Crippen LogP contribution in [0.2, 0.25) is 0 Å². The molecule has 0 amide bonds. The minimum atomic E-state index is -4.57. The predicted molar refractivity (Wildman–Crippen MR) is 91.3 cm³/mol. The van der Waals surface area contributed by atoms with Gasteiger partial charge < -0.3 is 9.64 Å². The van der Waals surface area contributed by atoms with Gasteiger partial charge in [-0.3, -0.25) is 0 Å². The van der Waals surface area contributed by atoms with Crippen LogP contribution in [-0.4, -0.2) is 22.6 Å². The average Bonchev–Trinajstić information content (AvgIpc) is 2.56. The molecule has 1 aromatic heterocycles. The minimum Gasteiger partial charge on any atom is -0.474 e. The van der Waals surface area contributed by atoms with Gasteiger partial charge in [0.1, 0.15) is 5.56 Å². The molecule has 4 nitrogen and oxygen atoms in total. The molecule has 2 aromatic rings. The Morgan fingerprint density at radius 1 is 1.16 bits per heavy atom. The van der Waals surface area contributed by atoms with Crippen LogP contribution in [0.15, 0.2) is 30.5 Å². The fourth-order valence-electron chi connectivity index (χ4n) is 2.21. The lowest BCUT2D eigenvalue weighted by molar-refractivity contribution is -0.139. The summed E-state index contributed by atoms with van der Waals surface area (Å²) in [6.07, 6.45) is -3.58. The highest BCUT2D eigenvalue weighted by Gasteiger charge is 2.37. The molecular weight excluding hydrogens is 331 g/mol. The normalized spacial score (nSPS) is 12.8. The van der Waals surface area contributed by atoms with Gasteiger partial charge in [-0.25, -0.2) is 4.98 Å². The summed E-state index contributed by atoms with van der Waals surface area (Å²) in [7, 11) is 0. The van der Waals surface area contributed by atoms with Crippen molar-refractivity contribution in [2.45, 2.75) is 46.4 Å². The third kappa shape index (κ3) is 4.61. The topological polar surface area (TPSA) is 38.2 Å². The third-order valence-corrected chi connectivity index (χ3v) is 3.84. The van der Waals surface area contributed by atoms with E-state index in [1.807, 2.05) is 45.0 Å². The maximum absolute atomic E-state index is 13.2. The molecule has 1 unspecified atom stereocenters. The van der Waals surface area contributed by atoms with Gasteiger partial charge in [0.05, 0.1) is 6.10 Å². The van der Waals surface area contributed by atoms with Crippen LogP contribution in [0.25, 0.3) is 0 Å². The molecule has 0 radical (unpaired) electrons. The molecule has 0 bridgehead atoms. The van der Waals surface area contributed by atoms with Crippen LogP contribution in [0.1, 0.15) is 38.3 Å². The Balaban J connectivity index is 2.46. The summed E-state index contributed by atoms with van der Waals surface area (Å²) < 4.78 is 45.0. The Hall–Kier alpha value is -2.31. The number of alkyl halides is 3. The van der Waals surface area contributed by atoms with Crippen LogP contribution >= 0.6 is 0 Å². The molecule has 0 fully saturated rings. The molecular formula is C18H22F3N3O. The standard InChI is InChI=1S/C18H22F3N3O/c1-5-13(4)25-16-15(18(19,20)21)11-22-17(23-16)24(6-2)14-9-7-12(3)8-10-14/h7-11,13H,5-6H2,1-4H3. The van der Waals surface area contributed by atoms with Crippen LogP contribution < -0.4 is 9.64 Å². The first-order chi connectivity index (χ1) is 11.8. The smallest absolute Gasteiger partial charge is 0.423 e. The number of aromatic nitrogens is 2. The zero-order chi connectivity index (χ0) is 18.6. The molecule has 25 heavy (non-hydrogen) atoms. The number of halogens is 3. The van der Waals surface area contributed by atoms with E-state index in [0.29, 0.717) is 13.0 Å². The first-order valence-corrected chi connectivity index (χ1v) is 8.21. The highest BCUT2D eigenvalue weighted by Crippen LogP contribution is 2.36. The fourth-order valence-corrected chi connectivity index (χ4v) is 2.21. The summed E-state index contributed by atoms with van der Waals surface area (Å²) in [4.78, 5) is 9.73. The molecule has 1 atom stereocenters. The molecule has 0 aliphatic heterocycles. The summed E-state index contributed by atoms with van der Waals surface area (Å²) in [5.41, 5.74) is 0.938. The second-order valence-electron chi connectivity index (χ2n) is 5.80. The Kier molecular flexibility index (Phi) is 5.87. The summed E-state index contributed by atoms with van der Waals surface area (Å²) in [5.74, 6) is -0.255. The van der Waals surface area contributed by atoms with E-state index in [4.69, 9.17) is 4.74 Å². The number of hydrogen-bond acceptors (Lipinski definition) is 4. The van der Waals surface area contributed by atoms with Crippen molar-refractivity contribution in [3.63, 3.8) is 0 Å². The number of anilines is 2. The first-order valence-electron chi connectivity index (χ1n) is 8.21. The zero-order valence-corrected chi connectivity index (χ0v) is 14.8. The lowest BCUT2D eigenvalue weighted by Crippen LogP contribution is -2.22. The van der Waals surface area contributed by atoms with Gasteiger partial charge >= 0.3 is 6.18 Å². The van der Waals surface area contributed by atoms with Crippen LogP contribution in [0, 0.1) is 6.92 Å². The maximum Gasteiger partial charge on any atom is 0.423 e. The number of hydrogen-bond donors (Lipinski definition) is 0. The molecule has 2 rings (SSSR count). The summed E-state index contributed by atoms with van der Waals surface area (Å²) in [6.45, 7) is 7.91. The van der Waals surface area contributed by atoms with Gasteiger partial charge in [0.25, 0.3) is 0 Å². The van der Waals surface area contributed by atoms with Gasteiger partial charge in [-0.1, -0.05) is 24.6 Å². The van der Waals surface area contributed by atoms with Gasteiger partial charge in [0.15, 0.2) is 0 Å². The van der Waals surface area contributed by atoms with Crippen molar-refractivity contribution in [2.75, 3.05) is 11.4 Å². The number of benzene rings is 1. The highest BCUT2D eigenvalue weighted by atomic mass is 19.4. The first kappa shape index (κ1) is 19.0. The van der Waals surface area contributed by atoms with Gasteiger partial charge in [0.2, 0.25) is 11.8 Å². The fraction of sp³-hybridized carbons (Fsp3) is 0.444. The quantitative estimate of drug-likeness (QED) is 0.721. The van der Waals surface area contributed by atoms with Gasteiger partial charge in [-0.2, -0.15) is 18.2 Å². The second kappa shape index (κ2) is 7.72. The zero-order valence-electron chi connectivity index (χ0n) is 14.8. The minimum absolute atomic E-state index is 0.178. The van der Waals surface area contributed by atoms with E-state index < -0.39 is 17.6 Å². The van der Waals surface area contributed by atoms with Crippen molar-refractivity contribution in [1.82, 2.24) is 9.97 Å². The lowest BCUT2D eigenvalue weighted by atomic mass is 10.2. The van der Waals surface area contributed by atoms with E-state index in [2.05, 4.69) is 9.97 Å². The Morgan fingerprint density at radius 2 is 1.80 bits per heavy atom. The summed E-state index contributed by atoms with van der Waals surface area (Å²) >= 11 is 0. The van der Waals surface area contributed by atoms with Crippen molar-refractivity contribution < 1.29 is 17.9 Å². The van der Waals surface area contributed by atoms with Crippen molar-refractivity contribution in [2.24, 2.45) is 0 Å². The molecule has 0 spiro atoms. The van der Waals surface area contributed by atoms with E-state index in [-0.39, 0.29) is 12.1 Å². The Labute approximate surface area is 145 Å². The molecule has 1 aromatic carbocycles. The monoisotopic (exact) mass is 353 g/mol.